The van der Waals surface area contributed by atoms with Crippen LogP contribution in [0.4, 0.5) is 0 Å². The summed E-state index contributed by atoms with van der Waals surface area (Å²) in [5, 5.41) is 0. The highest BCUT2D eigenvalue weighted by Crippen LogP contribution is 2.27. The molecular weight excluding hydrogens is 404 g/mol. The van der Waals surface area contributed by atoms with E-state index in [-0.39, 0.29) is 11.9 Å². The van der Waals surface area contributed by atoms with E-state index in [1.807, 2.05) is 12.1 Å². The van der Waals surface area contributed by atoms with Gasteiger partial charge in [-0.3, -0.25) is 0 Å². The predicted molar refractivity (Wildman–Crippen MR) is 120 cm³/mol. The minimum Gasteiger partial charge on any atom is -0.465 e. The van der Waals surface area contributed by atoms with Gasteiger partial charge >= 0.3 is 11.9 Å². The first kappa shape index (κ1) is 21.8. The molecule has 0 atom stereocenters. The molecule has 0 saturated carbocycles. The third-order valence-electron chi connectivity index (χ3n) is 4.97. The van der Waals surface area contributed by atoms with Gasteiger partial charge in [-0.2, -0.15) is 23.5 Å². The highest BCUT2D eigenvalue weighted by molar-refractivity contribution is 7.98. The van der Waals surface area contributed by atoms with Crippen molar-refractivity contribution in [2.75, 3.05) is 25.7 Å². The van der Waals surface area contributed by atoms with Crippen molar-refractivity contribution < 1.29 is 19.1 Å². The molecule has 0 saturated heterocycles. The summed E-state index contributed by atoms with van der Waals surface area (Å²) < 4.78 is 10.00. The Kier molecular flexibility index (Phi) is 8.07. The van der Waals surface area contributed by atoms with Gasteiger partial charge in [0.1, 0.15) is 0 Å². The van der Waals surface area contributed by atoms with Crippen LogP contribution in [0.5, 0.6) is 0 Å². The van der Waals surface area contributed by atoms with Crippen LogP contribution in [0.2, 0.25) is 0 Å². The molecule has 29 heavy (non-hydrogen) atoms. The molecule has 4 bridgehead atoms. The normalized spacial score (nSPS) is 15.0. The Labute approximate surface area is 180 Å². The Morgan fingerprint density at radius 1 is 0.759 bits per heavy atom. The summed E-state index contributed by atoms with van der Waals surface area (Å²) >= 11 is 3.51. The maximum absolute atomic E-state index is 12.4. The SMILES string of the molecule is COC(=O)c1cc2c(C(=O)OC)cc1CSCCCc1ccc(cc1)CCSC2. The van der Waals surface area contributed by atoms with Crippen molar-refractivity contribution in [3.05, 3.63) is 69.8 Å². The van der Waals surface area contributed by atoms with Crippen LogP contribution in [0.25, 0.3) is 0 Å². The van der Waals surface area contributed by atoms with Gasteiger partial charge in [0.2, 0.25) is 0 Å². The van der Waals surface area contributed by atoms with Crippen molar-refractivity contribution in [3.8, 4) is 0 Å². The van der Waals surface area contributed by atoms with Crippen molar-refractivity contribution in [1.29, 1.82) is 0 Å². The third-order valence-corrected chi connectivity index (χ3v) is 7.07. The number of ether oxygens (including phenoxy) is 2. The van der Waals surface area contributed by atoms with Gasteiger partial charge in [-0.1, -0.05) is 24.3 Å². The first-order valence-corrected chi connectivity index (χ1v) is 12.0. The number of esters is 2. The molecular formula is C23H26O4S2. The average molecular weight is 431 g/mol. The van der Waals surface area contributed by atoms with Crippen molar-refractivity contribution in [3.63, 3.8) is 0 Å². The molecule has 4 aliphatic heterocycles. The molecule has 0 N–H and O–H groups in total. The van der Waals surface area contributed by atoms with E-state index in [0.29, 0.717) is 22.6 Å². The number of carbonyl (C=O) groups excluding carboxylic acids is 2. The van der Waals surface area contributed by atoms with Crippen molar-refractivity contribution >= 4 is 35.5 Å². The first-order chi connectivity index (χ1) is 14.1. The van der Waals surface area contributed by atoms with Crippen molar-refractivity contribution in [1.82, 2.24) is 0 Å². The van der Waals surface area contributed by atoms with E-state index in [4.69, 9.17) is 9.47 Å². The minimum atomic E-state index is -0.364. The van der Waals surface area contributed by atoms with Gasteiger partial charge in [0.15, 0.2) is 0 Å². The quantitative estimate of drug-likeness (QED) is 0.631. The van der Waals surface area contributed by atoms with Crippen LogP contribution in [-0.4, -0.2) is 37.7 Å². The topological polar surface area (TPSA) is 52.6 Å². The lowest BCUT2D eigenvalue weighted by molar-refractivity contribution is 0.0585. The Hall–Kier alpha value is -1.92. The van der Waals surface area contributed by atoms with E-state index in [2.05, 4.69) is 24.3 Å². The summed E-state index contributed by atoms with van der Waals surface area (Å²) in [6.45, 7) is 0. The fourth-order valence-corrected chi connectivity index (χ4v) is 5.27. The van der Waals surface area contributed by atoms with Crippen LogP contribution in [0.15, 0.2) is 36.4 Å². The zero-order chi connectivity index (χ0) is 20.6. The van der Waals surface area contributed by atoms with Crippen LogP contribution < -0.4 is 0 Å². The second-order valence-corrected chi connectivity index (χ2v) is 9.14. The fraction of sp³-hybridized carbons (Fsp3) is 0.391. The van der Waals surface area contributed by atoms with E-state index < -0.39 is 0 Å². The van der Waals surface area contributed by atoms with Crippen molar-refractivity contribution in [2.45, 2.75) is 30.8 Å². The highest BCUT2D eigenvalue weighted by atomic mass is 32.2. The molecule has 0 unspecified atom stereocenters. The Morgan fingerprint density at radius 3 is 1.76 bits per heavy atom. The molecule has 0 radical (unpaired) electrons. The Morgan fingerprint density at radius 2 is 1.24 bits per heavy atom. The van der Waals surface area contributed by atoms with Crippen LogP contribution in [0.1, 0.15) is 49.4 Å². The smallest absolute Gasteiger partial charge is 0.338 e. The van der Waals surface area contributed by atoms with Gasteiger partial charge in [0.05, 0.1) is 25.3 Å². The van der Waals surface area contributed by atoms with E-state index in [9.17, 15) is 9.59 Å². The average Bonchev–Trinajstić information content (AvgIpc) is 2.76. The van der Waals surface area contributed by atoms with Crippen LogP contribution >= 0.6 is 23.5 Å². The number of benzene rings is 2. The molecule has 0 aromatic heterocycles. The number of rotatable bonds is 2. The summed E-state index contributed by atoms with van der Waals surface area (Å²) in [4.78, 5) is 24.8. The fourth-order valence-electron chi connectivity index (χ4n) is 3.33. The van der Waals surface area contributed by atoms with Gasteiger partial charge in [-0.05, 0) is 65.2 Å². The van der Waals surface area contributed by atoms with Crippen LogP contribution in [0.3, 0.4) is 0 Å². The molecule has 2 aromatic rings. The number of thioether (sulfide) groups is 2. The van der Waals surface area contributed by atoms with Gasteiger partial charge in [0, 0.05) is 11.5 Å². The first-order valence-electron chi connectivity index (χ1n) is 9.68. The summed E-state index contributed by atoms with van der Waals surface area (Å²) in [7, 11) is 2.78. The Balaban J connectivity index is 1.92. The number of carbonyl (C=O) groups is 2. The number of hydrogen-bond acceptors (Lipinski definition) is 6. The van der Waals surface area contributed by atoms with Crippen molar-refractivity contribution in [2.24, 2.45) is 0 Å². The maximum atomic E-state index is 12.4. The monoisotopic (exact) mass is 430 g/mol. The molecule has 0 amide bonds. The lowest BCUT2D eigenvalue weighted by Gasteiger charge is -2.14. The highest BCUT2D eigenvalue weighted by Gasteiger charge is 2.20. The molecule has 0 fully saturated rings. The molecule has 2 aromatic carbocycles. The van der Waals surface area contributed by atoms with Gasteiger partial charge < -0.3 is 9.47 Å². The van der Waals surface area contributed by atoms with Gasteiger partial charge in [-0.15, -0.1) is 0 Å². The van der Waals surface area contributed by atoms with E-state index in [1.165, 1.54) is 25.3 Å². The Bertz CT molecular complexity index is 862. The summed E-state index contributed by atoms with van der Waals surface area (Å²) in [5.74, 6) is 2.48. The second-order valence-electron chi connectivity index (χ2n) is 6.92. The van der Waals surface area contributed by atoms with E-state index >= 15 is 0 Å². The van der Waals surface area contributed by atoms with Crippen LogP contribution in [-0.2, 0) is 33.8 Å². The summed E-state index contributed by atoms with van der Waals surface area (Å²) in [5.41, 5.74) is 5.40. The molecule has 6 rings (SSSR count). The predicted octanol–water partition coefficient (Wildman–Crippen LogP) is 4.92. The minimum absolute atomic E-state index is 0.362. The molecule has 4 nitrogen and oxygen atoms in total. The maximum Gasteiger partial charge on any atom is 0.338 e. The van der Waals surface area contributed by atoms with Gasteiger partial charge in [0.25, 0.3) is 0 Å². The lowest BCUT2D eigenvalue weighted by atomic mass is 10.00. The standard InChI is InChI=1S/C23H26O4S2/c1-26-22(24)20-13-19-15-29-11-9-17-7-5-16(6-8-17)4-3-10-28-14-18(20)12-21(19)23(25)27-2/h5-8,12-13H,3-4,9-11,14-15H2,1-2H3. The van der Waals surface area contributed by atoms with E-state index in [0.717, 1.165) is 41.9 Å². The van der Waals surface area contributed by atoms with E-state index in [1.54, 1.807) is 23.5 Å². The lowest BCUT2D eigenvalue weighted by Crippen LogP contribution is -2.12. The zero-order valence-corrected chi connectivity index (χ0v) is 18.5. The second kappa shape index (κ2) is 10.7. The largest absolute Gasteiger partial charge is 0.465 e. The zero-order valence-electron chi connectivity index (χ0n) is 16.9. The number of aryl methyl sites for hydroxylation is 2. The molecule has 154 valence electrons. The van der Waals surface area contributed by atoms with Gasteiger partial charge in [-0.25, -0.2) is 9.59 Å². The molecule has 0 aliphatic carbocycles. The molecule has 4 heterocycles. The van der Waals surface area contributed by atoms with Crippen LogP contribution in [0, 0.1) is 0 Å². The summed E-state index contributed by atoms with van der Waals surface area (Å²) in [6.07, 6.45) is 3.07. The number of hydrogen-bond donors (Lipinski definition) is 0. The third kappa shape index (κ3) is 5.80. The number of methoxy groups -OCH3 is 2. The molecule has 4 aliphatic rings. The molecule has 0 spiro atoms. The summed E-state index contributed by atoms with van der Waals surface area (Å²) in [6, 6.07) is 12.5. The molecule has 6 heteroatoms.